The smallest absolute Gasteiger partial charge is 0.277 e. The average molecular weight is 448 g/mol. The van der Waals surface area contributed by atoms with Crippen LogP contribution in [0.25, 0.3) is 16.9 Å². The molecule has 33 heavy (non-hydrogen) atoms. The molecule has 170 valence electrons. The maximum atomic E-state index is 13.3. The summed E-state index contributed by atoms with van der Waals surface area (Å²) in [4.78, 5) is 25.7. The van der Waals surface area contributed by atoms with Crippen LogP contribution in [0, 0.1) is 19.7 Å². The lowest BCUT2D eigenvalue weighted by Crippen LogP contribution is -2.26. The third kappa shape index (κ3) is 4.37. The number of ether oxygens (including phenoxy) is 1. The van der Waals surface area contributed by atoms with Gasteiger partial charge in [0.15, 0.2) is 0 Å². The van der Waals surface area contributed by atoms with E-state index >= 15 is 0 Å². The lowest BCUT2D eigenvalue weighted by molar-refractivity contribution is -0.116. The second-order valence-electron chi connectivity index (χ2n) is 7.96. The van der Waals surface area contributed by atoms with Crippen molar-refractivity contribution in [3.8, 4) is 17.0 Å². The number of amides is 1. The number of aryl methyl sites for hydroxylation is 2. The maximum absolute atomic E-state index is 13.3. The third-order valence-corrected chi connectivity index (χ3v) is 5.87. The second kappa shape index (κ2) is 8.90. The first-order chi connectivity index (χ1) is 15.8. The zero-order chi connectivity index (χ0) is 23.7. The molecule has 8 heteroatoms. The van der Waals surface area contributed by atoms with Gasteiger partial charge in [-0.2, -0.15) is 9.61 Å². The molecule has 0 unspecified atom stereocenters. The van der Waals surface area contributed by atoms with Crippen molar-refractivity contribution in [2.24, 2.45) is 7.05 Å². The van der Waals surface area contributed by atoms with Crippen molar-refractivity contribution in [1.29, 1.82) is 0 Å². The van der Waals surface area contributed by atoms with E-state index in [1.54, 1.807) is 14.0 Å². The molecule has 0 spiro atoms. The molecule has 1 N–H and O–H groups in total. The van der Waals surface area contributed by atoms with E-state index in [4.69, 9.17) is 4.74 Å². The Morgan fingerprint density at radius 3 is 2.52 bits per heavy atom. The lowest BCUT2D eigenvalue weighted by Gasteiger charge is -2.12. The van der Waals surface area contributed by atoms with Gasteiger partial charge in [0.25, 0.3) is 5.56 Å². The molecular formula is C25H25FN4O3. The molecule has 0 radical (unpaired) electrons. The highest BCUT2D eigenvalue weighted by molar-refractivity contribution is 5.91. The topological polar surface area (TPSA) is 77.6 Å². The minimum atomic E-state index is -0.355. The van der Waals surface area contributed by atoms with E-state index in [-0.39, 0.29) is 30.1 Å². The molecule has 2 heterocycles. The van der Waals surface area contributed by atoms with Gasteiger partial charge in [0.05, 0.1) is 12.8 Å². The summed E-state index contributed by atoms with van der Waals surface area (Å²) >= 11 is 0. The van der Waals surface area contributed by atoms with Gasteiger partial charge in [0.1, 0.15) is 17.2 Å². The largest absolute Gasteiger partial charge is 0.497 e. The van der Waals surface area contributed by atoms with Crippen molar-refractivity contribution in [3.63, 3.8) is 0 Å². The number of methoxy groups -OCH3 is 1. The Kier molecular flexibility index (Phi) is 6.00. The van der Waals surface area contributed by atoms with Crippen LogP contribution in [0.4, 0.5) is 10.1 Å². The number of nitrogens with zero attached hydrogens (tertiary/aromatic N) is 3. The monoisotopic (exact) mass is 448 g/mol. The Bertz CT molecular complexity index is 1400. The molecule has 4 aromatic rings. The Hall–Kier alpha value is -3.94. The van der Waals surface area contributed by atoms with E-state index < -0.39 is 0 Å². The first-order valence-electron chi connectivity index (χ1n) is 10.6. The van der Waals surface area contributed by atoms with E-state index in [9.17, 15) is 14.0 Å². The Morgan fingerprint density at radius 1 is 1.12 bits per heavy atom. The summed E-state index contributed by atoms with van der Waals surface area (Å²) in [5.41, 5.74) is 4.46. The summed E-state index contributed by atoms with van der Waals surface area (Å²) in [7, 11) is 3.48. The molecule has 0 bridgehead atoms. The second-order valence-corrected chi connectivity index (χ2v) is 7.96. The van der Waals surface area contributed by atoms with Crippen LogP contribution in [0.5, 0.6) is 5.75 Å². The fourth-order valence-corrected chi connectivity index (χ4v) is 3.83. The van der Waals surface area contributed by atoms with Gasteiger partial charge < -0.3 is 14.6 Å². The summed E-state index contributed by atoms with van der Waals surface area (Å²) in [6.07, 6.45) is 0.378. The fourth-order valence-electron chi connectivity index (χ4n) is 3.83. The highest BCUT2D eigenvalue weighted by Crippen LogP contribution is 2.23. The van der Waals surface area contributed by atoms with Gasteiger partial charge in [0, 0.05) is 42.0 Å². The van der Waals surface area contributed by atoms with Crippen molar-refractivity contribution >= 4 is 17.2 Å². The number of halogens is 1. The Balaban J connectivity index is 1.60. The van der Waals surface area contributed by atoms with Gasteiger partial charge in [-0.15, -0.1) is 0 Å². The SMILES string of the molecule is COc1ccc(-c2cc3n(C)c(C)c(CCC(=O)Nc4ccc(F)cc4C)c(=O)n3n2)cc1. The minimum absolute atomic E-state index is 0.116. The molecule has 7 nitrogen and oxygen atoms in total. The molecule has 4 rings (SSSR count). The van der Waals surface area contributed by atoms with Crippen molar-refractivity contribution in [2.75, 3.05) is 12.4 Å². The van der Waals surface area contributed by atoms with Gasteiger partial charge in [-0.05, 0) is 68.3 Å². The Morgan fingerprint density at radius 2 is 1.85 bits per heavy atom. The van der Waals surface area contributed by atoms with Gasteiger partial charge in [-0.1, -0.05) is 0 Å². The normalized spacial score (nSPS) is 11.1. The molecule has 1 amide bonds. The predicted octanol–water partition coefficient (Wildman–Crippen LogP) is 4.04. The zero-order valence-corrected chi connectivity index (χ0v) is 19.0. The molecule has 0 saturated heterocycles. The number of rotatable bonds is 6. The number of carbonyl (C=O) groups is 1. The Labute approximate surface area is 190 Å². The number of fused-ring (bicyclic) bond motifs is 1. The summed E-state index contributed by atoms with van der Waals surface area (Å²) in [5.74, 6) is 0.140. The van der Waals surface area contributed by atoms with Crippen LogP contribution in [0.15, 0.2) is 53.3 Å². The molecule has 0 aliphatic heterocycles. The molecule has 0 atom stereocenters. The van der Waals surface area contributed by atoms with Gasteiger partial charge in [-0.25, -0.2) is 4.39 Å². The maximum Gasteiger partial charge on any atom is 0.277 e. The van der Waals surface area contributed by atoms with E-state index in [2.05, 4.69) is 10.4 Å². The zero-order valence-electron chi connectivity index (χ0n) is 19.0. The minimum Gasteiger partial charge on any atom is -0.497 e. The van der Waals surface area contributed by atoms with E-state index in [1.165, 1.54) is 22.7 Å². The third-order valence-electron chi connectivity index (χ3n) is 5.87. The highest BCUT2D eigenvalue weighted by atomic mass is 19.1. The summed E-state index contributed by atoms with van der Waals surface area (Å²) < 4.78 is 21.8. The fraction of sp³-hybridized carbons (Fsp3) is 0.240. The van der Waals surface area contributed by atoms with Gasteiger partial charge >= 0.3 is 0 Å². The van der Waals surface area contributed by atoms with Gasteiger partial charge in [-0.3, -0.25) is 9.59 Å². The first kappa shape index (κ1) is 22.3. The van der Waals surface area contributed by atoms with Crippen LogP contribution < -0.4 is 15.6 Å². The van der Waals surface area contributed by atoms with Crippen molar-refractivity contribution < 1.29 is 13.9 Å². The molecular weight excluding hydrogens is 423 g/mol. The van der Waals surface area contributed by atoms with Crippen LogP contribution in [0.3, 0.4) is 0 Å². The first-order valence-corrected chi connectivity index (χ1v) is 10.6. The van der Waals surface area contributed by atoms with E-state index in [0.717, 1.165) is 17.0 Å². The predicted molar refractivity (Wildman–Crippen MR) is 125 cm³/mol. The van der Waals surface area contributed by atoms with Crippen molar-refractivity contribution in [3.05, 3.63) is 81.5 Å². The van der Waals surface area contributed by atoms with E-state index in [0.29, 0.717) is 28.2 Å². The molecule has 2 aromatic heterocycles. The van der Waals surface area contributed by atoms with Crippen molar-refractivity contribution in [2.45, 2.75) is 26.7 Å². The van der Waals surface area contributed by atoms with E-state index in [1.807, 2.05) is 48.9 Å². The van der Waals surface area contributed by atoms with Crippen LogP contribution in [0.1, 0.15) is 23.2 Å². The highest BCUT2D eigenvalue weighted by Gasteiger charge is 2.17. The number of nitrogens with one attached hydrogen (secondary N) is 1. The lowest BCUT2D eigenvalue weighted by atomic mass is 10.1. The van der Waals surface area contributed by atoms with Crippen LogP contribution in [-0.4, -0.2) is 27.2 Å². The quantitative estimate of drug-likeness (QED) is 0.483. The summed E-state index contributed by atoms with van der Waals surface area (Å²) in [6, 6.07) is 13.5. The number of hydrogen-bond acceptors (Lipinski definition) is 4. The summed E-state index contributed by atoms with van der Waals surface area (Å²) in [5, 5.41) is 7.31. The number of aromatic nitrogens is 3. The van der Waals surface area contributed by atoms with Crippen molar-refractivity contribution in [1.82, 2.24) is 14.2 Å². The molecule has 0 aliphatic carbocycles. The number of benzene rings is 2. The molecule has 0 saturated carbocycles. The molecule has 0 fully saturated rings. The van der Waals surface area contributed by atoms with Gasteiger partial charge in [0.2, 0.25) is 5.91 Å². The number of hydrogen-bond donors (Lipinski definition) is 1. The molecule has 2 aromatic carbocycles. The number of anilines is 1. The standard InChI is InChI=1S/C25H25FN4O3/c1-15-13-18(26)7-11-21(15)27-23(31)12-10-20-16(2)29(3)24-14-22(28-30(24)25(20)32)17-5-8-19(33-4)9-6-17/h5-9,11,13-14H,10,12H2,1-4H3,(H,27,31). The van der Waals surface area contributed by atoms with Crippen LogP contribution >= 0.6 is 0 Å². The average Bonchev–Trinajstić information content (AvgIpc) is 3.25. The van der Waals surface area contributed by atoms with Crippen LogP contribution in [0.2, 0.25) is 0 Å². The number of carbonyl (C=O) groups excluding carboxylic acids is 1. The summed E-state index contributed by atoms with van der Waals surface area (Å²) in [6.45, 7) is 3.59. The van der Waals surface area contributed by atoms with Crippen LogP contribution in [-0.2, 0) is 18.3 Å². The molecule has 0 aliphatic rings.